The summed E-state index contributed by atoms with van der Waals surface area (Å²) in [5.74, 6) is 0. The Morgan fingerprint density at radius 2 is 1.40 bits per heavy atom. The Kier molecular flexibility index (Phi) is 6.54. The van der Waals surface area contributed by atoms with Gasteiger partial charge in [0.1, 0.15) is 0 Å². The Bertz CT molecular complexity index is 1140. The van der Waals surface area contributed by atoms with E-state index in [1.807, 2.05) is 6.07 Å². The van der Waals surface area contributed by atoms with E-state index < -0.39 is 20.4 Å². The summed E-state index contributed by atoms with van der Waals surface area (Å²) in [7, 11) is 0. The van der Waals surface area contributed by atoms with Gasteiger partial charge in [-0.3, -0.25) is 0 Å². The Morgan fingerprint density at radius 1 is 0.833 bits per heavy atom. The molecule has 0 fully saturated rings. The number of hydrogen-bond donors (Lipinski definition) is 0. The summed E-state index contributed by atoms with van der Waals surface area (Å²) in [5.41, 5.74) is 11.4. The third-order valence-electron chi connectivity index (χ3n) is 6.93. The van der Waals surface area contributed by atoms with Crippen LogP contribution < -0.4 is 0 Å². The molecule has 0 aliphatic heterocycles. The van der Waals surface area contributed by atoms with Crippen molar-refractivity contribution in [2.75, 3.05) is 0 Å². The predicted octanol–water partition coefficient (Wildman–Crippen LogP) is 8.82. The molecule has 2 aromatic rings. The van der Waals surface area contributed by atoms with Crippen molar-refractivity contribution in [3.05, 3.63) is 97.6 Å². The van der Waals surface area contributed by atoms with Crippen LogP contribution >= 0.6 is 23.2 Å². The van der Waals surface area contributed by atoms with Crippen LogP contribution in [0.15, 0.2) is 70.8 Å². The first-order valence-electron chi connectivity index (χ1n) is 10.5. The second-order valence-electron chi connectivity index (χ2n) is 8.81. The summed E-state index contributed by atoms with van der Waals surface area (Å²) < 4.78 is 1.33. The minimum atomic E-state index is -1.93. The van der Waals surface area contributed by atoms with Crippen molar-refractivity contribution >= 4 is 34.2 Å². The van der Waals surface area contributed by atoms with E-state index in [2.05, 4.69) is 83.3 Å². The Labute approximate surface area is 198 Å². The van der Waals surface area contributed by atoms with Gasteiger partial charge in [-0.1, -0.05) is 0 Å². The van der Waals surface area contributed by atoms with E-state index >= 15 is 0 Å². The molecular weight excluding hydrogens is 503 g/mol. The van der Waals surface area contributed by atoms with E-state index in [9.17, 15) is 0 Å². The van der Waals surface area contributed by atoms with E-state index in [1.54, 1.807) is 11.1 Å². The van der Waals surface area contributed by atoms with Gasteiger partial charge in [0.2, 0.25) is 0 Å². The summed E-state index contributed by atoms with van der Waals surface area (Å²) in [6.07, 6.45) is 2.59. The molecule has 0 amide bonds. The van der Waals surface area contributed by atoms with Crippen LogP contribution in [0.4, 0.5) is 0 Å². The van der Waals surface area contributed by atoms with Crippen molar-refractivity contribution in [1.82, 2.24) is 0 Å². The molecule has 0 aromatic heterocycles. The zero-order valence-corrected chi connectivity index (χ0v) is 23.5. The van der Waals surface area contributed by atoms with Gasteiger partial charge in [-0.25, -0.2) is 0 Å². The Hall–Kier alpha value is -0.660. The van der Waals surface area contributed by atoms with Gasteiger partial charge in [0, 0.05) is 0 Å². The molecule has 2 aliphatic rings. The number of halogens is 2. The summed E-state index contributed by atoms with van der Waals surface area (Å²) in [4.78, 5) is 0. The molecule has 0 radical (unpaired) electrons. The molecule has 0 bridgehead atoms. The monoisotopic (exact) mass is 528 g/mol. The van der Waals surface area contributed by atoms with Gasteiger partial charge in [0.25, 0.3) is 0 Å². The number of hydrogen-bond acceptors (Lipinski definition) is 0. The normalized spacial score (nSPS) is 18.8. The molecule has 2 aromatic carbocycles. The number of rotatable bonds is 3. The average Bonchev–Trinajstić information content (AvgIpc) is 3.15. The van der Waals surface area contributed by atoms with E-state index in [-0.39, 0.29) is 5.43 Å². The molecule has 4 heteroatoms. The first kappa shape index (κ1) is 22.5. The van der Waals surface area contributed by atoms with Gasteiger partial charge in [-0.05, 0) is 0 Å². The van der Waals surface area contributed by atoms with E-state index in [4.69, 9.17) is 23.2 Å². The Morgan fingerprint density at radius 3 is 1.97 bits per heavy atom. The zero-order valence-electron chi connectivity index (χ0n) is 18.5. The van der Waals surface area contributed by atoms with Gasteiger partial charge in [-0.2, -0.15) is 0 Å². The van der Waals surface area contributed by atoms with Crippen LogP contribution in [-0.2, 0) is 20.4 Å². The van der Waals surface area contributed by atoms with Crippen molar-refractivity contribution in [1.29, 1.82) is 0 Å². The van der Waals surface area contributed by atoms with E-state index in [0.29, 0.717) is 13.7 Å². The molecular formula is C26H28Cl2SiZr. The predicted molar refractivity (Wildman–Crippen MR) is 131 cm³/mol. The molecule has 0 N–H and O–H groups in total. The quantitative estimate of drug-likeness (QED) is 0.348. The molecule has 154 valence electrons. The fourth-order valence-electron chi connectivity index (χ4n) is 5.17. The second-order valence-corrected chi connectivity index (χ2v) is 27.7. The maximum atomic E-state index is 6.37. The van der Waals surface area contributed by atoms with E-state index in [1.165, 1.54) is 27.8 Å². The number of fused-ring (bicyclic) bond motifs is 1. The van der Waals surface area contributed by atoms with E-state index in [0.717, 1.165) is 9.19 Å². The third kappa shape index (κ3) is 3.83. The number of benzene rings is 2. The van der Waals surface area contributed by atoms with Crippen molar-refractivity contribution < 1.29 is 20.4 Å². The molecule has 2 aliphatic carbocycles. The van der Waals surface area contributed by atoms with Crippen molar-refractivity contribution in [3.8, 4) is 0 Å². The standard InChI is InChI=1S/C15H9Cl2.C9H13.C2H6Si.Zr/c16-12-7-11(8-13(17)9-12)15-6-5-10-3-1-2-4-14(10)15;1-6-5-7(2)9(4)8(6)3;1-3-2;/h1-9H;5H,1-4H3;1-2H3;. The summed E-state index contributed by atoms with van der Waals surface area (Å²) >= 11 is 10.8. The SMILES string of the molecule is CC1=C(C)[CH]([Zr]([CH]2C=C(c3cc(Cl)cc(Cl)c3)c3ccccc32)=[Si](C)C)C(C)=C1C. The Balaban J connectivity index is 1.92. The molecule has 1 atom stereocenters. The molecule has 0 saturated carbocycles. The number of allylic oxidation sites excluding steroid dienone is 5. The third-order valence-corrected chi connectivity index (χ3v) is 27.1. The summed E-state index contributed by atoms with van der Waals surface area (Å²) in [6, 6.07) is 15.0. The molecule has 30 heavy (non-hydrogen) atoms. The molecule has 0 saturated heterocycles. The molecule has 1 unspecified atom stereocenters. The molecule has 4 rings (SSSR count). The fourth-order valence-corrected chi connectivity index (χ4v) is 26.3. The van der Waals surface area contributed by atoms with Crippen LogP contribution in [0.1, 0.15) is 48.0 Å². The van der Waals surface area contributed by atoms with Crippen molar-refractivity contribution in [2.45, 2.75) is 48.0 Å². The van der Waals surface area contributed by atoms with Crippen LogP contribution in [0.3, 0.4) is 0 Å². The van der Waals surface area contributed by atoms with Crippen LogP contribution in [0.25, 0.3) is 5.57 Å². The first-order chi connectivity index (χ1) is 14.2. The van der Waals surface area contributed by atoms with Crippen molar-refractivity contribution in [2.24, 2.45) is 0 Å². The van der Waals surface area contributed by atoms with Gasteiger partial charge < -0.3 is 0 Å². The van der Waals surface area contributed by atoms with Crippen LogP contribution in [0.5, 0.6) is 0 Å². The maximum absolute atomic E-state index is 6.37. The summed E-state index contributed by atoms with van der Waals surface area (Å²) in [5, 5.41) is 1.40. The molecule has 0 nitrogen and oxygen atoms in total. The summed E-state index contributed by atoms with van der Waals surface area (Å²) in [6.45, 7) is 14.6. The fraction of sp³-hybridized carbons (Fsp3) is 0.308. The van der Waals surface area contributed by atoms with Crippen LogP contribution in [0.2, 0.25) is 26.8 Å². The van der Waals surface area contributed by atoms with Crippen molar-refractivity contribution in [3.63, 3.8) is 0 Å². The average molecular weight is 531 g/mol. The molecule has 0 spiro atoms. The van der Waals surface area contributed by atoms with Crippen LogP contribution in [0, 0.1) is 0 Å². The topological polar surface area (TPSA) is 0 Å². The van der Waals surface area contributed by atoms with Gasteiger partial charge in [0.15, 0.2) is 0 Å². The molecule has 0 heterocycles. The van der Waals surface area contributed by atoms with Gasteiger partial charge in [-0.15, -0.1) is 0 Å². The minimum absolute atomic E-state index is 0.381. The van der Waals surface area contributed by atoms with Gasteiger partial charge >= 0.3 is 200 Å². The van der Waals surface area contributed by atoms with Crippen LogP contribution in [-0.4, -0.2) is 5.43 Å². The second kappa shape index (κ2) is 8.70. The zero-order chi connectivity index (χ0) is 21.7. The first-order valence-corrected chi connectivity index (χ1v) is 20.3. The van der Waals surface area contributed by atoms with Gasteiger partial charge in [0.05, 0.1) is 0 Å².